The molecule has 0 aromatic heterocycles. The minimum atomic E-state index is -4.65. The first kappa shape index (κ1) is 15.5. The summed E-state index contributed by atoms with van der Waals surface area (Å²) in [6.45, 7) is 3.42. The molecule has 3 rings (SSSR count). The van der Waals surface area contributed by atoms with Crippen LogP contribution in [0.4, 0.5) is 24.5 Å². The molecular formula is C17H17F3N2O. The van der Waals surface area contributed by atoms with Crippen LogP contribution in [-0.2, 0) is 0 Å². The molecule has 0 spiro atoms. The number of ether oxygens (including phenoxy) is 1. The molecule has 2 aromatic rings. The van der Waals surface area contributed by atoms with Gasteiger partial charge in [-0.2, -0.15) is 0 Å². The summed E-state index contributed by atoms with van der Waals surface area (Å²) in [5.74, 6) is -0.191. The lowest BCUT2D eigenvalue weighted by atomic mass is 10.2. The van der Waals surface area contributed by atoms with Gasteiger partial charge in [0.2, 0.25) is 0 Å². The van der Waals surface area contributed by atoms with Crippen LogP contribution in [0.1, 0.15) is 0 Å². The number of anilines is 2. The number of nitrogens with zero attached hydrogens (tertiary/aromatic N) is 2. The van der Waals surface area contributed by atoms with Crippen molar-refractivity contribution in [1.82, 2.24) is 0 Å². The Kier molecular flexibility index (Phi) is 4.32. The van der Waals surface area contributed by atoms with Crippen molar-refractivity contribution in [2.24, 2.45) is 0 Å². The van der Waals surface area contributed by atoms with E-state index in [9.17, 15) is 13.2 Å². The van der Waals surface area contributed by atoms with Gasteiger partial charge in [-0.25, -0.2) is 0 Å². The predicted octanol–water partition coefficient (Wildman–Crippen LogP) is 3.91. The largest absolute Gasteiger partial charge is 0.573 e. The normalized spacial score (nSPS) is 15.6. The molecule has 0 amide bonds. The molecule has 0 N–H and O–H groups in total. The van der Waals surface area contributed by atoms with Crippen molar-refractivity contribution in [2.45, 2.75) is 6.36 Å². The summed E-state index contributed by atoms with van der Waals surface area (Å²) in [5.41, 5.74) is 2.10. The minimum absolute atomic E-state index is 0.191. The van der Waals surface area contributed by atoms with Crippen molar-refractivity contribution in [3.05, 3.63) is 54.6 Å². The maximum atomic E-state index is 12.2. The van der Waals surface area contributed by atoms with Crippen LogP contribution in [0.3, 0.4) is 0 Å². The topological polar surface area (TPSA) is 15.7 Å². The van der Waals surface area contributed by atoms with Crippen LogP contribution in [0.25, 0.3) is 0 Å². The van der Waals surface area contributed by atoms with Gasteiger partial charge in [0.05, 0.1) is 0 Å². The highest BCUT2D eigenvalue weighted by Gasteiger charge is 2.31. The van der Waals surface area contributed by atoms with Crippen molar-refractivity contribution in [3.8, 4) is 5.75 Å². The third-order valence-corrected chi connectivity index (χ3v) is 3.84. The van der Waals surface area contributed by atoms with E-state index in [-0.39, 0.29) is 5.75 Å². The zero-order valence-corrected chi connectivity index (χ0v) is 12.5. The molecule has 0 unspecified atom stereocenters. The standard InChI is InChI=1S/C17H17F3N2O/c18-17(19,20)23-16-8-6-15(7-9-16)22-12-10-21(11-13-22)14-4-2-1-3-5-14/h1-9H,10-13H2. The van der Waals surface area contributed by atoms with E-state index in [1.807, 2.05) is 18.2 Å². The SMILES string of the molecule is FC(F)(F)Oc1ccc(N2CCN(c3ccccc3)CC2)cc1. The molecule has 6 heteroatoms. The Bertz CT molecular complexity index is 621. The fraction of sp³-hybridized carbons (Fsp3) is 0.294. The molecule has 0 bridgehead atoms. The predicted molar refractivity (Wildman–Crippen MR) is 84.0 cm³/mol. The number of hydrogen-bond acceptors (Lipinski definition) is 3. The van der Waals surface area contributed by atoms with Gasteiger partial charge < -0.3 is 14.5 Å². The van der Waals surface area contributed by atoms with Gasteiger partial charge in [0.25, 0.3) is 0 Å². The van der Waals surface area contributed by atoms with Gasteiger partial charge >= 0.3 is 6.36 Å². The van der Waals surface area contributed by atoms with Crippen molar-refractivity contribution < 1.29 is 17.9 Å². The Morgan fingerprint density at radius 3 is 1.65 bits per heavy atom. The lowest BCUT2D eigenvalue weighted by Gasteiger charge is -2.37. The molecule has 1 saturated heterocycles. The average Bonchev–Trinajstić information content (AvgIpc) is 2.55. The molecule has 1 aliphatic heterocycles. The van der Waals surface area contributed by atoms with Crippen LogP contribution in [0.2, 0.25) is 0 Å². The van der Waals surface area contributed by atoms with Gasteiger partial charge in [-0.1, -0.05) is 18.2 Å². The smallest absolute Gasteiger partial charge is 0.406 e. The summed E-state index contributed by atoms with van der Waals surface area (Å²) in [6.07, 6.45) is -4.65. The third kappa shape index (κ3) is 4.09. The van der Waals surface area contributed by atoms with E-state index in [0.29, 0.717) is 0 Å². The molecule has 0 aliphatic carbocycles. The average molecular weight is 322 g/mol. The van der Waals surface area contributed by atoms with Crippen LogP contribution in [-0.4, -0.2) is 32.5 Å². The lowest BCUT2D eigenvalue weighted by Crippen LogP contribution is -2.46. The Morgan fingerprint density at radius 1 is 0.696 bits per heavy atom. The first-order valence-electron chi connectivity index (χ1n) is 7.42. The number of rotatable bonds is 3. The molecular weight excluding hydrogens is 305 g/mol. The van der Waals surface area contributed by atoms with Crippen LogP contribution in [0.5, 0.6) is 5.75 Å². The number of hydrogen-bond donors (Lipinski definition) is 0. The van der Waals surface area contributed by atoms with Crippen molar-refractivity contribution in [2.75, 3.05) is 36.0 Å². The number of halogens is 3. The summed E-state index contributed by atoms with van der Waals surface area (Å²) < 4.78 is 40.4. The summed E-state index contributed by atoms with van der Waals surface area (Å²) in [4.78, 5) is 4.47. The van der Waals surface area contributed by atoms with E-state index in [4.69, 9.17) is 0 Å². The van der Waals surface area contributed by atoms with Gasteiger partial charge in [0, 0.05) is 37.6 Å². The van der Waals surface area contributed by atoms with Crippen LogP contribution >= 0.6 is 0 Å². The molecule has 1 aliphatic rings. The number of para-hydroxylation sites is 1. The summed E-state index contributed by atoms with van der Waals surface area (Å²) in [6, 6.07) is 16.2. The van der Waals surface area contributed by atoms with Gasteiger partial charge in [0.1, 0.15) is 5.75 Å². The second kappa shape index (κ2) is 6.40. The summed E-state index contributed by atoms with van der Waals surface area (Å²) in [5, 5.41) is 0. The van der Waals surface area contributed by atoms with Crippen molar-refractivity contribution in [3.63, 3.8) is 0 Å². The monoisotopic (exact) mass is 322 g/mol. The number of piperazine rings is 1. The van der Waals surface area contributed by atoms with Gasteiger partial charge in [-0.3, -0.25) is 0 Å². The van der Waals surface area contributed by atoms with E-state index < -0.39 is 6.36 Å². The Hall–Kier alpha value is -2.37. The number of alkyl halides is 3. The summed E-state index contributed by atoms with van der Waals surface area (Å²) >= 11 is 0. The van der Waals surface area contributed by atoms with E-state index >= 15 is 0 Å². The zero-order valence-electron chi connectivity index (χ0n) is 12.5. The van der Waals surface area contributed by atoms with E-state index in [2.05, 4.69) is 26.7 Å². The highest BCUT2D eigenvalue weighted by atomic mass is 19.4. The third-order valence-electron chi connectivity index (χ3n) is 3.84. The minimum Gasteiger partial charge on any atom is -0.406 e. The van der Waals surface area contributed by atoms with Crippen LogP contribution in [0, 0.1) is 0 Å². The molecule has 1 fully saturated rings. The van der Waals surface area contributed by atoms with E-state index in [1.165, 1.54) is 17.8 Å². The fourth-order valence-electron chi connectivity index (χ4n) is 2.72. The zero-order chi connectivity index (χ0) is 16.3. The summed E-state index contributed by atoms with van der Waals surface area (Å²) in [7, 11) is 0. The lowest BCUT2D eigenvalue weighted by molar-refractivity contribution is -0.274. The van der Waals surface area contributed by atoms with E-state index in [0.717, 1.165) is 31.9 Å². The van der Waals surface area contributed by atoms with Crippen LogP contribution < -0.4 is 14.5 Å². The maximum Gasteiger partial charge on any atom is 0.573 e. The second-order valence-electron chi connectivity index (χ2n) is 5.35. The first-order chi connectivity index (χ1) is 11.0. The quantitative estimate of drug-likeness (QED) is 0.852. The number of benzene rings is 2. The second-order valence-corrected chi connectivity index (χ2v) is 5.35. The molecule has 122 valence electrons. The van der Waals surface area contributed by atoms with Gasteiger partial charge in [0.15, 0.2) is 0 Å². The molecule has 23 heavy (non-hydrogen) atoms. The molecule has 0 saturated carbocycles. The van der Waals surface area contributed by atoms with Crippen molar-refractivity contribution in [1.29, 1.82) is 0 Å². The highest BCUT2D eigenvalue weighted by molar-refractivity contribution is 5.52. The van der Waals surface area contributed by atoms with Gasteiger partial charge in [-0.15, -0.1) is 13.2 Å². The van der Waals surface area contributed by atoms with Crippen LogP contribution in [0.15, 0.2) is 54.6 Å². The first-order valence-corrected chi connectivity index (χ1v) is 7.42. The molecule has 3 nitrogen and oxygen atoms in total. The van der Waals surface area contributed by atoms with E-state index in [1.54, 1.807) is 12.1 Å². The fourth-order valence-corrected chi connectivity index (χ4v) is 2.72. The van der Waals surface area contributed by atoms with Gasteiger partial charge in [-0.05, 0) is 36.4 Å². The molecule has 0 radical (unpaired) electrons. The van der Waals surface area contributed by atoms with Crippen molar-refractivity contribution >= 4 is 11.4 Å². The Balaban J connectivity index is 1.59. The Labute approximate surface area is 132 Å². The highest BCUT2D eigenvalue weighted by Crippen LogP contribution is 2.26. The Morgan fingerprint density at radius 2 is 1.17 bits per heavy atom. The molecule has 0 atom stereocenters. The molecule has 2 aromatic carbocycles. The maximum absolute atomic E-state index is 12.2. The molecule has 1 heterocycles.